The van der Waals surface area contributed by atoms with Crippen LogP contribution in [0.15, 0.2) is 24.3 Å². The third-order valence-corrected chi connectivity index (χ3v) is 3.65. The molecule has 0 radical (unpaired) electrons. The lowest BCUT2D eigenvalue weighted by molar-refractivity contribution is 0.0697. The topological polar surface area (TPSA) is 66.4 Å². The Hall–Kier alpha value is -1.84. The highest BCUT2D eigenvalue weighted by molar-refractivity contribution is 5.97. The molecule has 1 saturated carbocycles. The van der Waals surface area contributed by atoms with Crippen LogP contribution in [-0.2, 0) is 0 Å². The van der Waals surface area contributed by atoms with E-state index in [4.69, 9.17) is 5.11 Å². The Morgan fingerprint density at radius 2 is 1.84 bits per heavy atom. The quantitative estimate of drug-likeness (QED) is 0.875. The molecule has 1 aromatic carbocycles. The van der Waals surface area contributed by atoms with E-state index in [1.165, 1.54) is 44.2 Å². The number of aromatic carboxylic acids is 1. The number of nitrogens with one attached hydrogen (secondary N) is 1. The van der Waals surface area contributed by atoms with E-state index in [-0.39, 0.29) is 11.5 Å². The van der Waals surface area contributed by atoms with Gasteiger partial charge in [-0.1, -0.05) is 25.3 Å². The molecular weight excluding hydrogens is 242 g/mol. The summed E-state index contributed by atoms with van der Waals surface area (Å²) >= 11 is 0. The monoisotopic (exact) mass is 261 g/mol. The standard InChI is InChI=1S/C15H19NO3/c17-14(16-10-11-5-2-1-3-6-11)12-7-4-8-13(9-12)15(18)19/h4,7-9,11H,1-3,5-6,10H2,(H,16,17)(H,18,19). The van der Waals surface area contributed by atoms with Crippen molar-refractivity contribution in [2.24, 2.45) is 5.92 Å². The third-order valence-electron chi connectivity index (χ3n) is 3.65. The zero-order chi connectivity index (χ0) is 13.7. The minimum atomic E-state index is -1.01. The van der Waals surface area contributed by atoms with E-state index in [9.17, 15) is 9.59 Å². The van der Waals surface area contributed by atoms with E-state index in [2.05, 4.69) is 5.32 Å². The predicted molar refractivity (Wildman–Crippen MR) is 72.3 cm³/mol. The summed E-state index contributed by atoms with van der Waals surface area (Å²) in [5.41, 5.74) is 0.557. The first-order valence-electron chi connectivity index (χ1n) is 6.78. The van der Waals surface area contributed by atoms with Crippen LogP contribution in [0.25, 0.3) is 0 Å². The lowest BCUT2D eigenvalue weighted by Crippen LogP contribution is -2.30. The molecule has 0 aliphatic heterocycles. The molecule has 1 aliphatic carbocycles. The number of benzene rings is 1. The number of hydrogen-bond acceptors (Lipinski definition) is 2. The first-order chi connectivity index (χ1) is 9.16. The SMILES string of the molecule is O=C(O)c1cccc(C(=O)NCC2CCCCC2)c1. The summed E-state index contributed by atoms with van der Waals surface area (Å²) in [4.78, 5) is 22.8. The normalized spacial score (nSPS) is 16.0. The average molecular weight is 261 g/mol. The molecule has 102 valence electrons. The number of rotatable bonds is 4. The molecule has 4 nitrogen and oxygen atoms in total. The number of amides is 1. The molecule has 1 fully saturated rings. The molecule has 0 saturated heterocycles. The first-order valence-corrected chi connectivity index (χ1v) is 6.78. The Morgan fingerprint density at radius 3 is 2.53 bits per heavy atom. The van der Waals surface area contributed by atoms with Crippen LogP contribution in [-0.4, -0.2) is 23.5 Å². The summed E-state index contributed by atoms with van der Waals surface area (Å²) in [6, 6.07) is 6.14. The summed E-state index contributed by atoms with van der Waals surface area (Å²) in [6.45, 7) is 0.691. The number of carboxylic acid groups (broad SMARTS) is 1. The van der Waals surface area contributed by atoms with Gasteiger partial charge < -0.3 is 10.4 Å². The van der Waals surface area contributed by atoms with E-state index < -0.39 is 5.97 Å². The van der Waals surface area contributed by atoms with Gasteiger partial charge in [-0.15, -0.1) is 0 Å². The van der Waals surface area contributed by atoms with Gasteiger partial charge in [0.2, 0.25) is 0 Å². The minimum Gasteiger partial charge on any atom is -0.478 e. The Kier molecular flexibility index (Phi) is 4.55. The molecule has 0 unspecified atom stereocenters. The van der Waals surface area contributed by atoms with E-state index in [1.54, 1.807) is 12.1 Å². The number of carbonyl (C=O) groups excluding carboxylic acids is 1. The summed E-state index contributed by atoms with van der Waals surface area (Å²) in [6.07, 6.45) is 6.14. The summed E-state index contributed by atoms with van der Waals surface area (Å²) in [5.74, 6) is -0.629. The Morgan fingerprint density at radius 1 is 1.16 bits per heavy atom. The minimum absolute atomic E-state index is 0.144. The molecule has 1 aromatic rings. The largest absolute Gasteiger partial charge is 0.478 e. The lowest BCUT2D eigenvalue weighted by Gasteiger charge is -2.21. The number of hydrogen-bond donors (Lipinski definition) is 2. The number of carboxylic acids is 1. The molecule has 0 atom stereocenters. The number of carbonyl (C=O) groups is 2. The van der Waals surface area contributed by atoms with Crippen LogP contribution in [0, 0.1) is 5.92 Å². The molecule has 1 amide bonds. The van der Waals surface area contributed by atoms with Crippen LogP contribution in [0.1, 0.15) is 52.8 Å². The molecule has 2 rings (SSSR count). The van der Waals surface area contributed by atoms with Gasteiger partial charge in [-0.25, -0.2) is 4.79 Å². The fourth-order valence-electron chi connectivity index (χ4n) is 2.52. The van der Waals surface area contributed by atoms with Gasteiger partial charge in [-0.3, -0.25) is 4.79 Å². The molecule has 0 aromatic heterocycles. The van der Waals surface area contributed by atoms with Gasteiger partial charge in [0.25, 0.3) is 5.91 Å². The fraction of sp³-hybridized carbons (Fsp3) is 0.467. The van der Waals surface area contributed by atoms with E-state index in [1.807, 2.05) is 0 Å². The second-order valence-corrected chi connectivity index (χ2v) is 5.10. The summed E-state index contributed by atoms with van der Waals surface area (Å²) < 4.78 is 0. The molecule has 0 heterocycles. The van der Waals surface area contributed by atoms with Crippen LogP contribution >= 0.6 is 0 Å². The maximum absolute atomic E-state index is 12.0. The summed E-state index contributed by atoms with van der Waals surface area (Å²) in [7, 11) is 0. The van der Waals surface area contributed by atoms with Crippen LogP contribution in [0.4, 0.5) is 0 Å². The maximum atomic E-state index is 12.0. The zero-order valence-electron chi connectivity index (χ0n) is 10.9. The maximum Gasteiger partial charge on any atom is 0.335 e. The molecule has 4 heteroatoms. The van der Waals surface area contributed by atoms with Crippen molar-refractivity contribution in [2.45, 2.75) is 32.1 Å². The van der Waals surface area contributed by atoms with Crippen LogP contribution in [0.5, 0.6) is 0 Å². The van der Waals surface area contributed by atoms with Crippen molar-refractivity contribution in [3.8, 4) is 0 Å². The lowest BCUT2D eigenvalue weighted by atomic mass is 9.89. The molecular formula is C15H19NO3. The highest BCUT2D eigenvalue weighted by atomic mass is 16.4. The van der Waals surface area contributed by atoms with Crippen LogP contribution < -0.4 is 5.32 Å². The second kappa shape index (κ2) is 6.36. The highest BCUT2D eigenvalue weighted by Crippen LogP contribution is 2.22. The van der Waals surface area contributed by atoms with Gasteiger partial charge in [0.15, 0.2) is 0 Å². The second-order valence-electron chi connectivity index (χ2n) is 5.10. The van der Waals surface area contributed by atoms with Crippen molar-refractivity contribution in [3.63, 3.8) is 0 Å². The van der Waals surface area contributed by atoms with Crippen molar-refractivity contribution in [1.29, 1.82) is 0 Å². The average Bonchev–Trinajstić information content (AvgIpc) is 2.46. The molecule has 19 heavy (non-hydrogen) atoms. The highest BCUT2D eigenvalue weighted by Gasteiger charge is 2.15. The third kappa shape index (κ3) is 3.81. The van der Waals surface area contributed by atoms with E-state index in [0.717, 1.165) is 0 Å². The summed E-state index contributed by atoms with van der Waals surface area (Å²) in [5, 5.41) is 11.8. The van der Waals surface area contributed by atoms with Gasteiger partial charge in [0.1, 0.15) is 0 Å². The Bertz CT molecular complexity index is 464. The molecule has 1 aliphatic rings. The van der Waals surface area contributed by atoms with Crippen molar-refractivity contribution in [1.82, 2.24) is 5.32 Å². The van der Waals surface area contributed by atoms with Gasteiger partial charge >= 0.3 is 5.97 Å². The molecule has 0 spiro atoms. The smallest absolute Gasteiger partial charge is 0.335 e. The fourth-order valence-corrected chi connectivity index (χ4v) is 2.52. The van der Waals surface area contributed by atoms with Crippen LogP contribution in [0.2, 0.25) is 0 Å². The first kappa shape index (κ1) is 13.6. The molecule has 2 N–H and O–H groups in total. The van der Waals surface area contributed by atoms with Gasteiger partial charge in [-0.2, -0.15) is 0 Å². The van der Waals surface area contributed by atoms with Gasteiger partial charge in [-0.05, 0) is 37.0 Å². The van der Waals surface area contributed by atoms with Crippen molar-refractivity contribution < 1.29 is 14.7 Å². The van der Waals surface area contributed by atoms with Crippen molar-refractivity contribution in [3.05, 3.63) is 35.4 Å². The Balaban J connectivity index is 1.92. The van der Waals surface area contributed by atoms with Crippen molar-refractivity contribution in [2.75, 3.05) is 6.54 Å². The van der Waals surface area contributed by atoms with Crippen LogP contribution in [0.3, 0.4) is 0 Å². The van der Waals surface area contributed by atoms with Gasteiger partial charge in [0.05, 0.1) is 5.56 Å². The Labute approximate surface area is 112 Å². The zero-order valence-corrected chi connectivity index (χ0v) is 10.9. The molecule has 0 bridgehead atoms. The van der Waals surface area contributed by atoms with Crippen molar-refractivity contribution >= 4 is 11.9 Å². The predicted octanol–water partition coefficient (Wildman–Crippen LogP) is 2.69. The van der Waals surface area contributed by atoms with E-state index >= 15 is 0 Å². The van der Waals surface area contributed by atoms with Gasteiger partial charge in [0, 0.05) is 12.1 Å². The van der Waals surface area contributed by atoms with E-state index in [0.29, 0.717) is 18.0 Å².